The first-order chi connectivity index (χ1) is 14.1. The highest BCUT2D eigenvalue weighted by atomic mass is 16.2. The van der Waals surface area contributed by atoms with Crippen molar-refractivity contribution >= 4 is 11.7 Å². The maximum absolute atomic E-state index is 12.7. The Labute approximate surface area is 172 Å². The van der Waals surface area contributed by atoms with Crippen molar-refractivity contribution in [2.24, 2.45) is 5.92 Å². The molecule has 29 heavy (non-hydrogen) atoms. The molecule has 0 unspecified atom stereocenters. The second-order valence-corrected chi connectivity index (χ2v) is 8.35. The third-order valence-corrected chi connectivity index (χ3v) is 6.18. The smallest absolute Gasteiger partial charge is 0.271 e. The normalized spacial score (nSPS) is 18.1. The van der Waals surface area contributed by atoms with Gasteiger partial charge in [-0.25, -0.2) is 0 Å². The number of hydrogen-bond donors (Lipinski definition) is 0. The highest BCUT2D eigenvalue weighted by Gasteiger charge is 2.24. The van der Waals surface area contributed by atoms with Gasteiger partial charge in [-0.1, -0.05) is 30.5 Å². The fourth-order valence-electron chi connectivity index (χ4n) is 4.43. The van der Waals surface area contributed by atoms with Crippen LogP contribution in [0.3, 0.4) is 0 Å². The lowest BCUT2D eigenvalue weighted by Gasteiger charge is -2.24. The molecule has 2 aliphatic rings. The molecule has 1 saturated carbocycles. The standard InChI is InChI=1S/C23H30N4O2/c1-18-7-9-20(10-8-18)27-22(28)12-11-21(24-27)25-13-4-14-26(16-15-25)23(29)17-19-5-2-3-6-19/h7-12,19H,2-6,13-17H2,1H3. The summed E-state index contributed by atoms with van der Waals surface area (Å²) in [5, 5.41) is 4.62. The molecule has 0 bridgehead atoms. The number of carbonyl (C=O) groups excluding carboxylic acids is 1. The summed E-state index contributed by atoms with van der Waals surface area (Å²) in [6.07, 6.45) is 6.58. The van der Waals surface area contributed by atoms with Crippen LogP contribution in [0.1, 0.15) is 44.1 Å². The van der Waals surface area contributed by atoms with Gasteiger partial charge in [-0.2, -0.15) is 4.68 Å². The summed E-state index contributed by atoms with van der Waals surface area (Å²) in [4.78, 5) is 29.3. The van der Waals surface area contributed by atoms with Gasteiger partial charge in [0.15, 0.2) is 0 Å². The molecule has 0 N–H and O–H groups in total. The second kappa shape index (κ2) is 8.80. The van der Waals surface area contributed by atoms with Crippen molar-refractivity contribution in [2.75, 3.05) is 31.1 Å². The van der Waals surface area contributed by atoms with E-state index in [-0.39, 0.29) is 5.56 Å². The molecule has 1 aliphatic heterocycles. The minimum absolute atomic E-state index is 0.138. The van der Waals surface area contributed by atoms with Crippen molar-refractivity contribution in [2.45, 2.75) is 45.4 Å². The van der Waals surface area contributed by atoms with Crippen LogP contribution in [-0.2, 0) is 4.79 Å². The molecule has 1 aromatic heterocycles. The molecule has 0 atom stereocenters. The third kappa shape index (κ3) is 4.69. The lowest BCUT2D eigenvalue weighted by atomic mass is 10.0. The zero-order valence-electron chi connectivity index (χ0n) is 17.2. The quantitative estimate of drug-likeness (QED) is 0.799. The monoisotopic (exact) mass is 394 g/mol. The largest absolute Gasteiger partial charge is 0.353 e. The summed E-state index contributed by atoms with van der Waals surface area (Å²) in [7, 11) is 0. The Bertz CT molecular complexity index is 900. The van der Waals surface area contributed by atoms with E-state index in [1.54, 1.807) is 12.1 Å². The number of benzene rings is 1. The molecule has 6 heteroatoms. The van der Waals surface area contributed by atoms with E-state index in [9.17, 15) is 9.59 Å². The maximum Gasteiger partial charge on any atom is 0.271 e. The number of anilines is 1. The predicted octanol–water partition coefficient (Wildman–Crippen LogP) is 3.16. The van der Waals surface area contributed by atoms with Crippen molar-refractivity contribution in [1.29, 1.82) is 0 Å². The first kappa shape index (κ1) is 19.7. The highest BCUT2D eigenvalue weighted by Crippen LogP contribution is 2.28. The van der Waals surface area contributed by atoms with E-state index in [0.717, 1.165) is 49.7 Å². The molecule has 1 aliphatic carbocycles. The van der Waals surface area contributed by atoms with Gasteiger partial charge in [0, 0.05) is 38.7 Å². The molecule has 0 spiro atoms. The zero-order valence-corrected chi connectivity index (χ0v) is 17.2. The number of hydrogen-bond acceptors (Lipinski definition) is 4. The molecule has 4 rings (SSSR count). The number of amides is 1. The van der Waals surface area contributed by atoms with Crippen LogP contribution in [0.5, 0.6) is 0 Å². The summed E-state index contributed by atoms with van der Waals surface area (Å²) in [6.45, 7) is 5.13. The van der Waals surface area contributed by atoms with Gasteiger partial charge < -0.3 is 9.80 Å². The van der Waals surface area contributed by atoms with Gasteiger partial charge in [-0.3, -0.25) is 9.59 Å². The van der Waals surface area contributed by atoms with Gasteiger partial charge in [0.25, 0.3) is 5.56 Å². The van der Waals surface area contributed by atoms with Gasteiger partial charge in [-0.15, -0.1) is 5.10 Å². The number of aryl methyl sites for hydroxylation is 1. The lowest BCUT2D eigenvalue weighted by molar-refractivity contribution is -0.131. The van der Waals surface area contributed by atoms with Gasteiger partial charge in [0.1, 0.15) is 5.82 Å². The molecular weight excluding hydrogens is 364 g/mol. The van der Waals surface area contributed by atoms with Gasteiger partial charge >= 0.3 is 0 Å². The molecule has 2 fully saturated rings. The summed E-state index contributed by atoms with van der Waals surface area (Å²) in [6, 6.07) is 11.2. The highest BCUT2D eigenvalue weighted by molar-refractivity contribution is 5.76. The maximum atomic E-state index is 12.7. The van der Waals surface area contributed by atoms with E-state index in [2.05, 4.69) is 10.00 Å². The summed E-state index contributed by atoms with van der Waals surface area (Å²) >= 11 is 0. The third-order valence-electron chi connectivity index (χ3n) is 6.18. The van der Waals surface area contributed by atoms with Crippen LogP contribution < -0.4 is 10.5 Å². The Morgan fingerprint density at radius 1 is 0.966 bits per heavy atom. The zero-order chi connectivity index (χ0) is 20.2. The van der Waals surface area contributed by atoms with Crippen molar-refractivity contribution in [1.82, 2.24) is 14.7 Å². The van der Waals surface area contributed by atoms with Crippen molar-refractivity contribution in [3.63, 3.8) is 0 Å². The molecule has 1 amide bonds. The first-order valence-corrected chi connectivity index (χ1v) is 10.8. The Balaban J connectivity index is 1.45. The van der Waals surface area contributed by atoms with Gasteiger partial charge in [-0.05, 0) is 50.3 Å². The predicted molar refractivity (Wildman–Crippen MR) is 115 cm³/mol. The molecule has 154 valence electrons. The van der Waals surface area contributed by atoms with Crippen molar-refractivity contribution < 1.29 is 4.79 Å². The molecule has 1 saturated heterocycles. The average molecular weight is 395 g/mol. The summed E-state index contributed by atoms with van der Waals surface area (Å²) in [5.74, 6) is 1.67. The van der Waals surface area contributed by atoms with Gasteiger partial charge in [0.2, 0.25) is 5.91 Å². The fourth-order valence-corrected chi connectivity index (χ4v) is 4.43. The molecule has 0 radical (unpaired) electrons. The summed E-state index contributed by atoms with van der Waals surface area (Å²) < 4.78 is 1.46. The number of rotatable bonds is 4. The summed E-state index contributed by atoms with van der Waals surface area (Å²) in [5.41, 5.74) is 1.78. The van der Waals surface area contributed by atoms with Crippen LogP contribution in [0.2, 0.25) is 0 Å². The fraction of sp³-hybridized carbons (Fsp3) is 0.522. The van der Waals surface area contributed by atoms with Crippen molar-refractivity contribution in [3.05, 3.63) is 52.3 Å². The Hall–Kier alpha value is -2.63. The number of carbonyl (C=O) groups is 1. The van der Waals surface area contributed by atoms with E-state index in [4.69, 9.17) is 0 Å². The number of aromatic nitrogens is 2. The van der Waals surface area contributed by atoms with E-state index < -0.39 is 0 Å². The minimum atomic E-state index is -0.138. The molecule has 1 aromatic carbocycles. The van der Waals surface area contributed by atoms with E-state index >= 15 is 0 Å². The molecule has 2 heterocycles. The van der Waals surface area contributed by atoms with Crippen LogP contribution in [0.4, 0.5) is 5.82 Å². The van der Waals surface area contributed by atoms with E-state index in [1.165, 1.54) is 30.4 Å². The SMILES string of the molecule is Cc1ccc(-n2nc(N3CCCN(C(=O)CC4CCCC4)CC3)ccc2=O)cc1. The van der Waals surface area contributed by atoms with Crippen LogP contribution in [-0.4, -0.2) is 46.8 Å². The van der Waals surface area contributed by atoms with E-state index in [1.807, 2.05) is 36.1 Å². The average Bonchev–Trinajstić information content (AvgIpc) is 3.10. The first-order valence-electron chi connectivity index (χ1n) is 10.8. The molecule has 6 nitrogen and oxygen atoms in total. The van der Waals surface area contributed by atoms with E-state index in [0.29, 0.717) is 18.2 Å². The van der Waals surface area contributed by atoms with Crippen LogP contribution in [0.25, 0.3) is 5.69 Å². The van der Waals surface area contributed by atoms with Crippen LogP contribution >= 0.6 is 0 Å². The Kier molecular flexibility index (Phi) is 5.97. The van der Waals surface area contributed by atoms with Crippen LogP contribution in [0, 0.1) is 12.8 Å². The second-order valence-electron chi connectivity index (χ2n) is 8.35. The van der Waals surface area contributed by atoms with Gasteiger partial charge in [0.05, 0.1) is 5.69 Å². The topological polar surface area (TPSA) is 58.4 Å². The van der Waals surface area contributed by atoms with Crippen LogP contribution in [0.15, 0.2) is 41.2 Å². The molecule has 2 aromatic rings. The Morgan fingerprint density at radius 3 is 2.48 bits per heavy atom. The lowest BCUT2D eigenvalue weighted by Crippen LogP contribution is -2.36. The molecular formula is C23H30N4O2. The Morgan fingerprint density at radius 2 is 1.72 bits per heavy atom. The van der Waals surface area contributed by atoms with Crippen molar-refractivity contribution in [3.8, 4) is 5.69 Å². The minimum Gasteiger partial charge on any atom is -0.353 e. The number of nitrogens with zero attached hydrogens (tertiary/aromatic N) is 4.